The van der Waals surface area contributed by atoms with E-state index in [0.717, 1.165) is 13.0 Å². The summed E-state index contributed by atoms with van der Waals surface area (Å²) < 4.78 is 5.21. The summed E-state index contributed by atoms with van der Waals surface area (Å²) in [6.07, 6.45) is 6.08. The van der Waals surface area contributed by atoms with Crippen LogP contribution in [-0.2, 0) is 4.74 Å². The summed E-state index contributed by atoms with van der Waals surface area (Å²) in [6, 6.07) is 0. The molecule has 74 valence electrons. The standard InChI is InChI=1S/C10H12N2O2/c13-10(3-8-1-2-14-6-8)9-4-11-7-12-5-9/h4-5,7-8H,1-3,6H2. The van der Waals surface area contributed by atoms with Gasteiger partial charge in [-0.05, 0) is 12.3 Å². The van der Waals surface area contributed by atoms with Gasteiger partial charge in [-0.15, -0.1) is 0 Å². The van der Waals surface area contributed by atoms with E-state index in [1.165, 1.54) is 6.33 Å². The van der Waals surface area contributed by atoms with Crippen LogP contribution < -0.4 is 0 Å². The molecule has 0 spiro atoms. The van der Waals surface area contributed by atoms with E-state index >= 15 is 0 Å². The lowest BCUT2D eigenvalue weighted by molar-refractivity contribution is 0.0952. The number of hydrogen-bond donors (Lipinski definition) is 0. The Labute approximate surface area is 82.3 Å². The Morgan fingerprint density at radius 3 is 2.93 bits per heavy atom. The number of ether oxygens (including phenoxy) is 1. The van der Waals surface area contributed by atoms with Gasteiger partial charge in [0.15, 0.2) is 5.78 Å². The van der Waals surface area contributed by atoms with Crippen LogP contribution in [0.25, 0.3) is 0 Å². The van der Waals surface area contributed by atoms with Crippen molar-refractivity contribution in [1.29, 1.82) is 0 Å². The first kappa shape index (κ1) is 9.27. The zero-order valence-electron chi connectivity index (χ0n) is 7.85. The second-order valence-electron chi connectivity index (χ2n) is 3.48. The second-order valence-corrected chi connectivity index (χ2v) is 3.48. The Balaban J connectivity index is 1.95. The van der Waals surface area contributed by atoms with E-state index in [4.69, 9.17) is 4.74 Å². The maximum Gasteiger partial charge on any atom is 0.166 e. The monoisotopic (exact) mass is 192 g/mol. The van der Waals surface area contributed by atoms with Crippen molar-refractivity contribution in [3.05, 3.63) is 24.3 Å². The minimum Gasteiger partial charge on any atom is -0.381 e. The molecule has 4 nitrogen and oxygen atoms in total. The molecular formula is C10H12N2O2. The average molecular weight is 192 g/mol. The minimum absolute atomic E-state index is 0.112. The van der Waals surface area contributed by atoms with Crippen molar-refractivity contribution in [2.24, 2.45) is 5.92 Å². The second kappa shape index (κ2) is 4.28. The normalized spacial score (nSPS) is 21.0. The number of carbonyl (C=O) groups is 1. The Bertz CT molecular complexity index is 307. The Morgan fingerprint density at radius 2 is 2.29 bits per heavy atom. The van der Waals surface area contributed by atoms with E-state index < -0.39 is 0 Å². The number of aromatic nitrogens is 2. The highest BCUT2D eigenvalue weighted by Crippen LogP contribution is 2.18. The van der Waals surface area contributed by atoms with Crippen molar-refractivity contribution in [3.63, 3.8) is 0 Å². The van der Waals surface area contributed by atoms with Crippen molar-refractivity contribution in [2.45, 2.75) is 12.8 Å². The van der Waals surface area contributed by atoms with Crippen LogP contribution in [0.5, 0.6) is 0 Å². The molecule has 1 aromatic heterocycles. The molecule has 1 aromatic rings. The van der Waals surface area contributed by atoms with E-state index in [9.17, 15) is 4.79 Å². The molecule has 4 heteroatoms. The van der Waals surface area contributed by atoms with Crippen molar-refractivity contribution in [2.75, 3.05) is 13.2 Å². The Kier molecular flexibility index (Phi) is 2.84. The fourth-order valence-electron chi connectivity index (χ4n) is 1.57. The SMILES string of the molecule is O=C(CC1CCOC1)c1cncnc1. The van der Waals surface area contributed by atoms with Crippen molar-refractivity contribution in [1.82, 2.24) is 9.97 Å². The smallest absolute Gasteiger partial charge is 0.166 e. The highest BCUT2D eigenvalue weighted by molar-refractivity contribution is 5.95. The van der Waals surface area contributed by atoms with Gasteiger partial charge in [0.25, 0.3) is 0 Å². The molecule has 14 heavy (non-hydrogen) atoms. The number of rotatable bonds is 3. The average Bonchev–Trinajstić information content (AvgIpc) is 2.72. The van der Waals surface area contributed by atoms with Gasteiger partial charge < -0.3 is 4.74 Å². The largest absolute Gasteiger partial charge is 0.381 e. The number of nitrogens with zero attached hydrogens (tertiary/aromatic N) is 2. The van der Waals surface area contributed by atoms with E-state index in [-0.39, 0.29) is 5.78 Å². The van der Waals surface area contributed by atoms with Gasteiger partial charge in [0.2, 0.25) is 0 Å². The lowest BCUT2D eigenvalue weighted by atomic mass is 9.99. The lowest BCUT2D eigenvalue weighted by Crippen LogP contribution is -2.09. The third-order valence-electron chi connectivity index (χ3n) is 2.38. The number of carbonyl (C=O) groups excluding carboxylic acids is 1. The topological polar surface area (TPSA) is 52.1 Å². The van der Waals surface area contributed by atoms with Crippen LogP contribution in [0.4, 0.5) is 0 Å². The molecular weight excluding hydrogens is 180 g/mol. The summed E-state index contributed by atoms with van der Waals surface area (Å²) in [6.45, 7) is 1.49. The number of Topliss-reactive ketones (excluding diaryl/α,β-unsaturated/α-hetero) is 1. The zero-order valence-corrected chi connectivity index (χ0v) is 7.85. The molecule has 0 N–H and O–H groups in total. The van der Waals surface area contributed by atoms with Gasteiger partial charge in [-0.1, -0.05) is 0 Å². The summed E-state index contributed by atoms with van der Waals surface area (Å²) in [7, 11) is 0. The fourth-order valence-corrected chi connectivity index (χ4v) is 1.57. The molecule has 1 aliphatic rings. The third kappa shape index (κ3) is 2.14. The van der Waals surface area contributed by atoms with E-state index in [0.29, 0.717) is 24.5 Å². The van der Waals surface area contributed by atoms with Crippen LogP contribution in [0.3, 0.4) is 0 Å². The third-order valence-corrected chi connectivity index (χ3v) is 2.38. The minimum atomic E-state index is 0.112. The van der Waals surface area contributed by atoms with Crippen LogP contribution in [0.1, 0.15) is 23.2 Å². The molecule has 0 saturated carbocycles. The van der Waals surface area contributed by atoms with Gasteiger partial charge in [0.05, 0.1) is 5.56 Å². The summed E-state index contributed by atoms with van der Waals surface area (Å²) in [5, 5.41) is 0. The van der Waals surface area contributed by atoms with Crippen molar-refractivity contribution >= 4 is 5.78 Å². The lowest BCUT2D eigenvalue weighted by Gasteiger charge is -2.04. The molecule has 1 fully saturated rings. The molecule has 0 amide bonds. The molecule has 2 heterocycles. The van der Waals surface area contributed by atoms with Crippen LogP contribution in [0, 0.1) is 5.92 Å². The predicted octanol–water partition coefficient (Wildman–Crippen LogP) is 1.09. The molecule has 0 aromatic carbocycles. The van der Waals surface area contributed by atoms with Gasteiger partial charge in [0.1, 0.15) is 6.33 Å². The van der Waals surface area contributed by atoms with E-state index in [2.05, 4.69) is 9.97 Å². The zero-order chi connectivity index (χ0) is 9.80. The molecule has 1 atom stereocenters. The molecule has 2 rings (SSSR count). The first-order chi connectivity index (χ1) is 6.86. The Hall–Kier alpha value is -1.29. The summed E-state index contributed by atoms with van der Waals surface area (Å²) >= 11 is 0. The van der Waals surface area contributed by atoms with Gasteiger partial charge in [-0.25, -0.2) is 9.97 Å². The van der Waals surface area contributed by atoms with Crippen LogP contribution in [-0.4, -0.2) is 29.0 Å². The summed E-state index contributed by atoms with van der Waals surface area (Å²) in [5.41, 5.74) is 0.597. The highest BCUT2D eigenvalue weighted by atomic mass is 16.5. The molecule has 1 saturated heterocycles. The van der Waals surface area contributed by atoms with Crippen molar-refractivity contribution < 1.29 is 9.53 Å². The van der Waals surface area contributed by atoms with Crippen molar-refractivity contribution in [3.8, 4) is 0 Å². The highest BCUT2D eigenvalue weighted by Gasteiger charge is 2.19. The van der Waals surface area contributed by atoms with E-state index in [1.54, 1.807) is 12.4 Å². The molecule has 1 unspecified atom stereocenters. The summed E-state index contributed by atoms with van der Waals surface area (Å²) in [4.78, 5) is 19.3. The maximum atomic E-state index is 11.7. The maximum absolute atomic E-state index is 11.7. The summed E-state index contributed by atoms with van der Waals surface area (Å²) in [5.74, 6) is 0.490. The van der Waals surface area contributed by atoms with Gasteiger partial charge in [-0.2, -0.15) is 0 Å². The molecule has 0 aliphatic carbocycles. The van der Waals surface area contributed by atoms with Crippen LogP contribution in [0.15, 0.2) is 18.7 Å². The van der Waals surface area contributed by atoms with Crippen LogP contribution in [0.2, 0.25) is 0 Å². The van der Waals surface area contributed by atoms with E-state index in [1.807, 2.05) is 0 Å². The molecule has 0 bridgehead atoms. The first-order valence-corrected chi connectivity index (χ1v) is 4.72. The van der Waals surface area contributed by atoms with Gasteiger partial charge in [0, 0.05) is 32.0 Å². The Morgan fingerprint density at radius 1 is 1.50 bits per heavy atom. The fraction of sp³-hybridized carbons (Fsp3) is 0.500. The predicted molar refractivity (Wildman–Crippen MR) is 49.9 cm³/mol. The molecule has 1 aliphatic heterocycles. The number of hydrogen-bond acceptors (Lipinski definition) is 4. The van der Waals surface area contributed by atoms with Gasteiger partial charge in [-0.3, -0.25) is 4.79 Å². The van der Waals surface area contributed by atoms with Gasteiger partial charge >= 0.3 is 0 Å². The number of ketones is 1. The van der Waals surface area contributed by atoms with Crippen LogP contribution >= 0.6 is 0 Å². The quantitative estimate of drug-likeness (QED) is 0.672. The first-order valence-electron chi connectivity index (χ1n) is 4.72. The molecule has 0 radical (unpaired) electrons.